The molecule has 0 saturated carbocycles. The zero-order valence-corrected chi connectivity index (χ0v) is 18.9. The van der Waals surface area contributed by atoms with Crippen molar-refractivity contribution in [2.75, 3.05) is 20.2 Å². The van der Waals surface area contributed by atoms with E-state index in [1.807, 2.05) is 41.9 Å². The van der Waals surface area contributed by atoms with E-state index in [4.69, 9.17) is 4.74 Å². The number of ether oxygens (including phenoxy) is 1. The van der Waals surface area contributed by atoms with Crippen molar-refractivity contribution in [1.29, 1.82) is 0 Å². The number of methoxy groups -OCH3 is 1. The number of hydrogen-bond acceptors (Lipinski definition) is 5. The molecular weight excluding hydrogens is 406 g/mol. The summed E-state index contributed by atoms with van der Waals surface area (Å²) in [6.07, 6.45) is 3.99. The zero-order chi connectivity index (χ0) is 21.6. The second-order valence-corrected chi connectivity index (χ2v) is 9.02. The van der Waals surface area contributed by atoms with Gasteiger partial charge in [-0.1, -0.05) is 36.4 Å². The Kier molecular flexibility index (Phi) is 6.99. The van der Waals surface area contributed by atoms with Crippen molar-refractivity contribution in [3.8, 4) is 5.75 Å². The maximum Gasteiger partial charge on any atom is 0.251 e. The van der Waals surface area contributed by atoms with Crippen LogP contribution in [0, 0.1) is 12.8 Å². The summed E-state index contributed by atoms with van der Waals surface area (Å²) in [5.74, 6) is 1.24. The van der Waals surface area contributed by atoms with Crippen LogP contribution in [0.1, 0.15) is 45.4 Å². The van der Waals surface area contributed by atoms with E-state index in [1.165, 1.54) is 5.56 Å². The summed E-state index contributed by atoms with van der Waals surface area (Å²) in [5, 5.41) is 6.24. The fraction of sp³-hybridized carbons (Fsp3) is 0.360. The first-order valence-electron chi connectivity index (χ1n) is 10.8. The molecule has 31 heavy (non-hydrogen) atoms. The molecule has 1 aromatic heterocycles. The van der Waals surface area contributed by atoms with Gasteiger partial charge in [-0.05, 0) is 49.9 Å². The molecule has 6 heteroatoms. The highest BCUT2D eigenvalue weighted by molar-refractivity contribution is 7.09. The predicted octanol–water partition coefficient (Wildman–Crippen LogP) is 4.84. The minimum absolute atomic E-state index is 0.0433. The zero-order valence-electron chi connectivity index (χ0n) is 18.1. The first-order valence-corrected chi connectivity index (χ1v) is 11.6. The Morgan fingerprint density at radius 3 is 2.84 bits per heavy atom. The van der Waals surface area contributed by atoms with Crippen LogP contribution < -0.4 is 10.1 Å². The van der Waals surface area contributed by atoms with Crippen LogP contribution in [0.2, 0.25) is 0 Å². The van der Waals surface area contributed by atoms with E-state index >= 15 is 0 Å². The number of hydrogen-bond donors (Lipinski definition) is 1. The second-order valence-electron chi connectivity index (χ2n) is 8.09. The summed E-state index contributed by atoms with van der Waals surface area (Å²) < 4.78 is 5.66. The number of likely N-dealkylation sites (tertiary alicyclic amines) is 1. The summed E-state index contributed by atoms with van der Waals surface area (Å²) in [4.78, 5) is 19.9. The van der Waals surface area contributed by atoms with Gasteiger partial charge in [0.25, 0.3) is 5.91 Å². The lowest BCUT2D eigenvalue weighted by Gasteiger charge is -2.37. The fourth-order valence-electron chi connectivity index (χ4n) is 4.46. The summed E-state index contributed by atoms with van der Waals surface area (Å²) in [5.41, 5.74) is 3.05. The highest BCUT2D eigenvalue weighted by Gasteiger charge is 2.31. The molecule has 0 unspecified atom stereocenters. The number of nitrogens with one attached hydrogen (secondary N) is 1. The van der Waals surface area contributed by atoms with Crippen molar-refractivity contribution in [2.45, 2.75) is 32.4 Å². The van der Waals surface area contributed by atoms with E-state index in [0.717, 1.165) is 48.8 Å². The van der Waals surface area contributed by atoms with Gasteiger partial charge >= 0.3 is 0 Å². The maximum absolute atomic E-state index is 12.9. The van der Waals surface area contributed by atoms with Gasteiger partial charge in [0, 0.05) is 35.8 Å². The van der Waals surface area contributed by atoms with Gasteiger partial charge in [-0.2, -0.15) is 0 Å². The topological polar surface area (TPSA) is 54.5 Å². The number of carbonyl (C=O) groups is 1. The lowest BCUT2D eigenvalue weighted by Crippen LogP contribution is -2.42. The standard InChI is InChI=1S/C25H29N3O2S/c1-18-8-6-11-21(23(18)30-2)17-28-14-7-12-20(16-28)22(25-26-13-15-31-25)27-24(29)19-9-4-3-5-10-19/h3-6,8-11,13,15,20,22H,7,12,14,16-17H2,1-2H3,(H,27,29)/t20-,22-/m1/s1. The molecule has 4 rings (SSSR count). The predicted molar refractivity (Wildman–Crippen MR) is 124 cm³/mol. The summed E-state index contributed by atoms with van der Waals surface area (Å²) in [6.45, 7) is 4.89. The molecule has 2 atom stereocenters. The van der Waals surface area contributed by atoms with Gasteiger partial charge in [0.15, 0.2) is 0 Å². The van der Waals surface area contributed by atoms with Crippen LogP contribution in [0.5, 0.6) is 5.75 Å². The summed E-state index contributed by atoms with van der Waals surface area (Å²) in [6, 6.07) is 15.6. The average Bonchev–Trinajstić information content (AvgIpc) is 3.33. The number of nitrogens with zero attached hydrogens (tertiary/aromatic N) is 2. The Balaban J connectivity index is 1.51. The Labute approximate surface area is 188 Å². The Bertz CT molecular complexity index is 991. The second kappa shape index (κ2) is 10.1. The molecule has 5 nitrogen and oxygen atoms in total. The number of carbonyl (C=O) groups excluding carboxylic acids is 1. The molecule has 162 valence electrons. The quantitative estimate of drug-likeness (QED) is 0.577. The first kappa shape index (κ1) is 21.5. The number of piperidine rings is 1. The van der Waals surface area contributed by atoms with Crippen LogP contribution in [0.3, 0.4) is 0 Å². The smallest absolute Gasteiger partial charge is 0.251 e. The van der Waals surface area contributed by atoms with Gasteiger partial charge in [0.05, 0.1) is 13.2 Å². The van der Waals surface area contributed by atoms with Gasteiger partial charge in [0.2, 0.25) is 0 Å². The molecule has 1 aliphatic heterocycles. The molecule has 0 bridgehead atoms. The monoisotopic (exact) mass is 435 g/mol. The summed E-state index contributed by atoms with van der Waals surface area (Å²) >= 11 is 1.61. The number of rotatable bonds is 7. The van der Waals surface area contributed by atoms with Crippen LogP contribution in [0.15, 0.2) is 60.1 Å². The van der Waals surface area contributed by atoms with Crippen molar-refractivity contribution in [3.05, 3.63) is 81.8 Å². The SMILES string of the molecule is COc1c(C)cccc1CN1CCC[C@@H]([C@@H](NC(=O)c2ccccc2)c2nccs2)C1. The van der Waals surface area contributed by atoms with Gasteiger partial charge < -0.3 is 10.1 Å². The number of aromatic nitrogens is 1. The van der Waals surface area contributed by atoms with Crippen LogP contribution in [-0.4, -0.2) is 36.0 Å². The van der Waals surface area contributed by atoms with Gasteiger partial charge in [-0.25, -0.2) is 4.98 Å². The van der Waals surface area contributed by atoms with Gasteiger partial charge in [0.1, 0.15) is 10.8 Å². The number of para-hydroxylation sites is 1. The normalized spacial score (nSPS) is 17.8. The molecule has 1 N–H and O–H groups in total. The highest BCUT2D eigenvalue weighted by atomic mass is 32.1. The Hall–Kier alpha value is -2.70. The Morgan fingerprint density at radius 1 is 1.26 bits per heavy atom. The van der Waals surface area contributed by atoms with Gasteiger partial charge in [-0.3, -0.25) is 9.69 Å². The summed E-state index contributed by atoms with van der Waals surface area (Å²) in [7, 11) is 1.74. The number of aryl methyl sites for hydroxylation is 1. The number of thiazole rings is 1. The van der Waals surface area contributed by atoms with Crippen molar-refractivity contribution >= 4 is 17.2 Å². The van der Waals surface area contributed by atoms with E-state index in [-0.39, 0.29) is 11.9 Å². The molecule has 2 heterocycles. The van der Waals surface area contributed by atoms with Crippen molar-refractivity contribution in [1.82, 2.24) is 15.2 Å². The van der Waals surface area contributed by atoms with E-state index in [1.54, 1.807) is 18.4 Å². The van der Waals surface area contributed by atoms with Crippen LogP contribution in [0.4, 0.5) is 0 Å². The van der Waals surface area contributed by atoms with Crippen molar-refractivity contribution < 1.29 is 9.53 Å². The van der Waals surface area contributed by atoms with Crippen LogP contribution in [0.25, 0.3) is 0 Å². The fourth-order valence-corrected chi connectivity index (χ4v) is 5.24. The molecule has 0 aliphatic carbocycles. The third kappa shape index (κ3) is 5.14. The van der Waals surface area contributed by atoms with E-state index < -0.39 is 0 Å². The molecule has 3 aromatic rings. The van der Waals surface area contributed by atoms with Crippen molar-refractivity contribution in [3.63, 3.8) is 0 Å². The minimum atomic E-state index is -0.0880. The minimum Gasteiger partial charge on any atom is -0.496 e. The molecule has 0 spiro atoms. The van der Waals surface area contributed by atoms with Crippen LogP contribution >= 0.6 is 11.3 Å². The number of benzene rings is 2. The van der Waals surface area contributed by atoms with E-state index in [0.29, 0.717) is 11.5 Å². The Morgan fingerprint density at radius 2 is 2.10 bits per heavy atom. The highest BCUT2D eigenvalue weighted by Crippen LogP contribution is 2.33. The molecule has 1 amide bonds. The third-order valence-corrected chi connectivity index (χ3v) is 6.80. The molecule has 1 fully saturated rings. The van der Waals surface area contributed by atoms with Crippen LogP contribution in [-0.2, 0) is 6.54 Å². The lowest BCUT2D eigenvalue weighted by atomic mass is 9.90. The van der Waals surface area contributed by atoms with E-state index in [9.17, 15) is 4.79 Å². The third-order valence-electron chi connectivity index (χ3n) is 5.94. The maximum atomic E-state index is 12.9. The van der Waals surface area contributed by atoms with Crippen molar-refractivity contribution in [2.24, 2.45) is 5.92 Å². The lowest BCUT2D eigenvalue weighted by molar-refractivity contribution is 0.0877. The number of amides is 1. The molecule has 0 radical (unpaired) electrons. The average molecular weight is 436 g/mol. The van der Waals surface area contributed by atoms with E-state index in [2.05, 4.69) is 40.3 Å². The molecular formula is C25H29N3O2S. The van der Waals surface area contributed by atoms with Gasteiger partial charge in [-0.15, -0.1) is 11.3 Å². The first-order chi connectivity index (χ1) is 15.2. The molecule has 2 aromatic carbocycles. The largest absolute Gasteiger partial charge is 0.496 e. The molecule has 1 aliphatic rings. The molecule has 1 saturated heterocycles.